The number of hydrogen-bond acceptors (Lipinski definition) is 2. The Kier molecular flexibility index (Phi) is 5.17. The van der Waals surface area contributed by atoms with Gasteiger partial charge in [0.1, 0.15) is 0 Å². The molecule has 2 N–H and O–H groups in total. The maximum absolute atomic E-state index is 11.6. The van der Waals surface area contributed by atoms with Crippen molar-refractivity contribution < 1.29 is 14.7 Å². The number of carbonyl (C=O) groups excluding carboxylic acids is 1. The summed E-state index contributed by atoms with van der Waals surface area (Å²) in [5.74, 6) is -1.76. The number of carbonyl (C=O) groups is 2. The molecule has 1 atom stereocenters. The first kappa shape index (κ1) is 15.9. The average Bonchev–Trinajstić information content (AvgIpc) is 2.12. The standard InChI is InChI=1S/C13H25NO3/c1-9(11(16)17)7-10(15)14-8-13(5,6)12(2,3)4/h9H,7-8H2,1-6H3,(H,14,15)(H,16,17). The van der Waals surface area contributed by atoms with Crippen LogP contribution in [0.25, 0.3) is 0 Å². The number of carboxylic acid groups (broad SMARTS) is 1. The van der Waals surface area contributed by atoms with Crippen molar-refractivity contribution in [3.63, 3.8) is 0 Å². The zero-order valence-corrected chi connectivity index (χ0v) is 11.8. The lowest BCUT2D eigenvalue weighted by atomic mass is 9.69. The highest BCUT2D eigenvalue weighted by Crippen LogP contribution is 2.36. The molecular weight excluding hydrogens is 218 g/mol. The van der Waals surface area contributed by atoms with E-state index >= 15 is 0 Å². The molecule has 0 heterocycles. The van der Waals surface area contributed by atoms with Gasteiger partial charge in [0.15, 0.2) is 0 Å². The molecule has 0 saturated heterocycles. The van der Waals surface area contributed by atoms with E-state index in [4.69, 9.17) is 5.11 Å². The molecule has 0 fully saturated rings. The Bertz CT molecular complexity index is 290. The fraction of sp³-hybridized carbons (Fsp3) is 0.846. The fourth-order valence-electron chi connectivity index (χ4n) is 1.02. The summed E-state index contributed by atoms with van der Waals surface area (Å²) in [6, 6.07) is 0. The van der Waals surface area contributed by atoms with Crippen LogP contribution in [0.4, 0.5) is 0 Å². The molecule has 0 aromatic rings. The minimum atomic E-state index is -0.935. The Hall–Kier alpha value is -1.06. The van der Waals surface area contributed by atoms with Crippen LogP contribution in [0.1, 0.15) is 48.0 Å². The third-order valence-corrected chi connectivity index (χ3v) is 3.67. The third kappa shape index (κ3) is 5.20. The number of amides is 1. The molecule has 100 valence electrons. The van der Waals surface area contributed by atoms with Crippen LogP contribution < -0.4 is 5.32 Å². The van der Waals surface area contributed by atoms with Crippen molar-refractivity contribution in [1.29, 1.82) is 0 Å². The molecule has 0 saturated carbocycles. The molecule has 0 aliphatic heterocycles. The van der Waals surface area contributed by atoms with Gasteiger partial charge in [-0.2, -0.15) is 0 Å². The summed E-state index contributed by atoms with van der Waals surface area (Å²) in [5.41, 5.74) is 0.0494. The molecule has 1 unspecified atom stereocenters. The lowest BCUT2D eigenvalue weighted by Crippen LogP contribution is -2.42. The molecule has 0 aromatic carbocycles. The Balaban J connectivity index is 4.22. The van der Waals surface area contributed by atoms with Gasteiger partial charge in [-0.05, 0) is 10.8 Å². The molecule has 4 nitrogen and oxygen atoms in total. The SMILES string of the molecule is CC(CC(=O)NCC(C)(C)C(C)(C)C)C(=O)O. The van der Waals surface area contributed by atoms with Crippen LogP contribution in [0.15, 0.2) is 0 Å². The second-order valence-corrected chi connectivity index (χ2v) is 6.35. The summed E-state index contributed by atoms with van der Waals surface area (Å²) in [5, 5.41) is 11.5. The van der Waals surface area contributed by atoms with Crippen LogP contribution in [0, 0.1) is 16.7 Å². The molecule has 0 aliphatic carbocycles. The van der Waals surface area contributed by atoms with Gasteiger partial charge < -0.3 is 10.4 Å². The molecule has 0 aliphatic rings. The van der Waals surface area contributed by atoms with Gasteiger partial charge in [0.05, 0.1) is 5.92 Å². The van der Waals surface area contributed by atoms with Gasteiger partial charge in [-0.3, -0.25) is 9.59 Å². The molecular formula is C13H25NO3. The number of rotatable bonds is 5. The van der Waals surface area contributed by atoms with Crippen molar-refractivity contribution in [3.05, 3.63) is 0 Å². The highest BCUT2D eigenvalue weighted by molar-refractivity contribution is 5.81. The summed E-state index contributed by atoms with van der Waals surface area (Å²) in [7, 11) is 0. The smallest absolute Gasteiger partial charge is 0.306 e. The summed E-state index contributed by atoms with van der Waals surface area (Å²) < 4.78 is 0. The summed E-state index contributed by atoms with van der Waals surface area (Å²) >= 11 is 0. The van der Waals surface area contributed by atoms with E-state index in [-0.39, 0.29) is 23.2 Å². The van der Waals surface area contributed by atoms with E-state index in [0.29, 0.717) is 6.54 Å². The van der Waals surface area contributed by atoms with E-state index in [1.165, 1.54) is 6.92 Å². The number of aliphatic carboxylic acids is 1. The molecule has 1 amide bonds. The van der Waals surface area contributed by atoms with Crippen LogP contribution in [0.3, 0.4) is 0 Å². The highest BCUT2D eigenvalue weighted by atomic mass is 16.4. The summed E-state index contributed by atoms with van der Waals surface area (Å²) in [6.07, 6.45) is 0.0373. The Morgan fingerprint density at radius 1 is 1.18 bits per heavy atom. The Morgan fingerprint density at radius 3 is 2.00 bits per heavy atom. The first-order valence-corrected chi connectivity index (χ1v) is 5.97. The summed E-state index contributed by atoms with van der Waals surface area (Å²) in [6.45, 7) is 12.7. The van der Waals surface area contributed by atoms with Gasteiger partial charge in [-0.1, -0.05) is 41.5 Å². The number of nitrogens with one attached hydrogen (secondary N) is 1. The van der Waals surface area contributed by atoms with Crippen molar-refractivity contribution in [2.75, 3.05) is 6.54 Å². The Labute approximate surface area is 104 Å². The van der Waals surface area contributed by atoms with Gasteiger partial charge in [-0.25, -0.2) is 0 Å². The van der Waals surface area contributed by atoms with E-state index in [2.05, 4.69) is 39.9 Å². The highest BCUT2D eigenvalue weighted by Gasteiger charge is 2.33. The first-order valence-electron chi connectivity index (χ1n) is 5.97. The minimum Gasteiger partial charge on any atom is -0.481 e. The van der Waals surface area contributed by atoms with Crippen LogP contribution >= 0.6 is 0 Å². The topological polar surface area (TPSA) is 66.4 Å². The number of carboxylic acids is 1. The molecule has 4 heteroatoms. The number of hydrogen-bond donors (Lipinski definition) is 2. The molecule has 0 bridgehead atoms. The van der Waals surface area contributed by atoms with Crippen LogP contribution in [-0.4, -0.2) is 23.5 Å². The lowest BCUT2D eigenvalue weighted by Gasteiger charge is -2.39. The predicted molar refractivity (Wildman–Crippen MR) is 67.7 cm³/mol. The van der Waals surface area contributed by atoms with E-state index in [9.17, 15) is 9.59 Å². The second-order valence-electron chi connectivity index (χ2n) is 6.35. The normalized spacial score (nSPS) is 14.2. The average molecular weight is 243 g/mol. The van der Waals surface area contributed by atoms with Gasteiger partial charge >= 0.3 is 5.97 Å². The van der Waals surface area contributed by atoms with Crippen molar-refractivity contribution >= 4 is 11.9 Å². The molecule has 0 aromatic heterocycles. The first-order chi connectivity index (χ1) is 7.47. The monoisotopic (exact) mass is 243 g/mol. The van der Waals surface area contributed by atoms with Gasteiger partial charge in [-0.15, -0.1) is 0 Å². The van der Waals surface area contributed by atoms with Crippen LogP contribution in [-0.2, 0) is 9.59 Å². The van der Waals surface area contributed by atoms with E-state index < -0.39 is 11.9 Å². The van der Waals surface area contributed by atoms with E-state index in [0.717, 1.165) is 0 Å². The summed E-state index contributed by atoms with van der Waals surface area (Å²) in [4.78, 5) is 22.2. The van der Waals surface area contributed by atoms with Crippen molar-refractivity contribution in [1.82, 2.24) is 5.32 Å². The minimum absolute atomic E-state index is 0.0326. The molecule has 0 rings (SSSR count). The fourth-order valence-corrected chi connectivity index (χ4v) is 1.02. The Morgan fingerprint density at radius 2 is 1.65 bits per heavy atom. The van der Waals surface area contributed by atoms with Crippen LogP contribution in [0.5, 0.6) is 0 Å². The lowest BCUT2D eigenvalue weighted by molar-refractivity contribution is -0.143. The van der Waals surface area contributed by atoms with Crippen LogP contribution in [0.2, 0.25) is 0 Å². The quantitative estimate of drug-likeness (QED) is 0.778. The van der Waals surface area contributed by atoms with Crippen molar-refractivity contribution in [2.24, 2.45) is 16.7 Å². The van der Waals surface area contributed by atoms with Crippen molar-refractivity contribution in [3.8, 4) is 0 Å². The second kappa shape index (κ2) is 5.52. The third-order valence-electron chi connectivity index (χ3n) is 3.67. The van der Waals surface area contributed by atoms with Crippen molar-refractivity contribution in [2.45, 2.75) is 48.0 Å². The maximum Gasteiger partial charge on any atom is 0.306 e. The maximum atomic E-state index is 11.6. The zero-order chi connectivity index (χ0) is 13.9. The molecule has 17 heavy (non-hydrogen) atoms. The molecule has 0 radical (unpaired) electrons. The van der Waals surface area contributed by atoms with Gasteiger partial charge in [0.2, 0.25) is 5.91 Å². The zero-order valence-electron chi connectivity index (χ0n) is 11.8. The molecule has 0 spiro atoms. The van der Waals surface area contributed by atoms with E-state index in [1.54, 1.807) is 0 Å². The van der Waals surface area contributed by atoms with Gasteiger partial charge in [0.25, 0.3) is 0 Å². The predicted octanol–water partition coefficient (Wildman–Crippen LogP) is 2.29. The largest absolute Gasteiger partial charge is 0.481 e. The van der Waals surface area contributed by atoms with Gasteiger partial charge in [0, 0.05) is 13.0 Å². The van der Waals surface area contributed by atoms with E-state index in [1.807, 2.05) is 0 Å².